The molecule has 1 unspecified atom stereocenters. The third-order valence-electron chi connectivity index (χ3n) is 7.31. The van der Waals surface area contributed by atoms with E-state index in [1.165, 1.54) is 29.2 Å². The highest BCUT2D eigenvalue weighted by Crippen LogP contribution is 2.35. The monoisotopic (exact) mass is 699 g/mol. The molecule has 4 aromatic carbocycles. The molecule has 0 aliphatic carbocycles. The minimum Gasteiger partial charge on any atom is -0.354 e. The maximum absolute atomic E-state index is 14.5. The van der Waals surface area contributed by atoms with Crippen LogP contribution in [-0.4, -0.2) is 44.3 Å². The van der Waals surface area contributed by atoms with E-state index in [-0.39, 0.29) is 45.4 Å². The fraction of sp³-hybridized carbons (Fsp3) is 0.257. The highest BCUT2D eigenvalue weighted by molar-refractivity contribution is 7.92. The van der Waals surface area contributed by atoms with Crippen molar-refractivity contribution >= 4 is 62.3 Å². The van der Waals surface area contributed by atoms with Crippen molar-refractivity contribution in [2.24, 2.45) is 5.92 Å². The van der Waals surface area contributed by atoms with Gasteiger partial charge in [0.05, 0.1) is 20.6 Å². The Morgan fingerprint density at radius 3 is 2.09 bits per heavy atom. The zero-order valence-electron chi connectivity index (χ0n) is 25.8. The highest BCUT2D eigenvalue weighted by Gasteiger charge is 2.35. The van der Waals surface area contributed by atoms with E-state index in [0.29, 0.717) is 17.1 Å². The van der Waals surface area contributed by atoms with E-state index in [2.05, 4.69) is 5.32 Å². The fourth-order valence-electron chi connectivity index (χ4n) is 4.80. The summed E-state index contributed by atoms with van der Waals surface area (Å²) < 4.78 is 29.3. The number of nitrogens with zero attached hydrogens (tertiary/aromatic N) is 2. The topological polar surface area (TPSA) is 86.8 Å². The zero-order valence-corrected chi connectivity index (χ0v) is 28.9. The van der Waals surface area contributed by atoms with Gasteiger partial charge in [-0.15, -0.1) is 0 Å². The Morgan fingerprint density at radius 1 is 0.804 bits per heavy atom. The molecular weight excluding hydrogens is 665 g/mol. The molecule has 4 aromatic rings. The van der Waals surface area contributed by atoms with Gasteiger partial charge in [0.15, 0.2) is 0 Å². The first-order chi connectivity index (χ1) is 21.9. The molecule has 0 saturated carbocycles. The lowest BCUT2D eigenvalue weighted by atomic mass is 10.0. The number of aryl methyl sites for hydroxylation is 1. The average molecular weight is 701 g/mol. The molecule has 46 heavy (non-hydrogen) atoms. The minimum absolute atomic E-state index is 0.0182. The number of anilines is 1. The molecule has 11 heteroatoms. The van der Waals surface area contributed by atoms with Crippen molar-refractivity contribution in [3.8, 4) is 0 Å². The number of amides is 2. The van der Waals surface area contributed by atoms with Crippen molar-refractivity contribution in [2.75, 3.05) is 17.4 Å². The molecule has 0 aliphatic heterocycles. The molecule has 7 nitrogen and oxygen atoms in total. The molecule has 4 rings (SSSR count). The van der Waals surface area contributed by atoms with Gasteiger partial charge >= 0.3 is 0 Å². The Morgan fingerprint density at radius 2 is 1.46 bits per heavy atom. The van der Waals surface area contributed by atoms with Gasteiger partial charge in [-0.1, -0.05) is 115 Å². The molecule has 0 spiro atoms. The Labute approximate surface area is 286 Å². The third kappa shape index (κ3) is 9.04. The average Bonchev–Trinajstić information content (AvgIpc) is 3.03. The SMILES string of the molecule is Cc1ccc(S(=O)(=O)N(CC(=O)N(Cc2ccc(Cl)cc2)C(Cc2ccccc2)C(=O)NCC(C)C)c2cccc(Cl)c2Cl)cc1. The summed E-state index contributed by atoms with van der Waals surface area (Å²) in [5, 5.41) is 3.60. The van der Waals surface area contributed by atoms with Gasteiger partial charge in [0, 0.05) is 24.5 Å². The van der Waals surface area contributed by atoms with E-state index in [1.54, 1.807) is 42.5 Å². The van der Waals surface area contributed by atoms with Crippen molar-refractivity contribution in [2.45, 2.75) is 44.7 Å². The summed E-state index contributed by atoms with van der Waals surface area (Å²) in [4.78, 5) is 29.8. The molecule has 242 valence electrons. The lowest BCUT2D eigenvalue weighted by Gasteiger charge is -2.34. The van der Waals surface area contributed by atoms with Crippen LogP contribution in [0.3, 0.4) is 0 Å². The van der Waals surface area contributed by atoms with Crippen LogP contribution in [-0.2, 0) is 32.6 Å². The summed E-state index contributed by atoms with van der Waals surface area (Å²) >= 11 is 19.0. The molecule has 0 heterocycles. The van der Waals surface area contributed by atoms with E-state index < -0.39 is 28.5 Å². The predicted molar refractivity (Wildman–Crippen MR) is 186 cm³/mol. The quantitative estimate of drug-likeness (QED) is 0.156. The van der Waals surface area contributed by atoms with Crippen molar-refractivity contribution in [3.05, 3.63) is 129 Å². The number of carbonyl (C=O) groups excluding carboxylic acids is 2. The molecular formula is C35H36Cl3N3O4S. The van der Waals surface area contributed by atoms with Crippen LogP contribution < -0.4 is 9.62 Å². The maximum Gasteiger partial charge on any atom is 0.264 e. The third-order valence-corrected chi connectivity index (χ3v) is 10.1. The normalized spacial score (nSPS) is 12.1. The Kier molecular flexibility index (Phi) is 12.1. The Hall–Kier alpha value is -3.56. The van der Waals surface area contributed by atoms with Gasteiger partial charge in [0.2, 0.25) is 11.8 Å². The molecule has 0 aliphatic rings. The first-order valence-electron chi connectivity index (χ1n) is 14.8. The number of benzene rings is 4. The zero-order chi connectivity index (χ0) is 33.4. The highest BCUT2D eigenvalue weighted by atomic mass is 35.5. The summed E-state index contributed by atoms with van der Waals surface area (Å²) in [7, 11) is -4.32. The standard InChI is InChI=1S/C35H36Cl3N3O4S/c1-24(2)21-39-35(43)32(20-26-8-5-4-6-9-26)40(22-27-14-16-28(36)17-15-27)33(42)23-41(31-11-7-10-30(37)34(31)38)46(44,45)29-18-12-25(3)13-19-29/h4-19,24,32H,20-23H2,1-3H3,(H,39,43). The molecule has 2 amide bonds. The number of hydrogen-bond acceptors (Lipinski definition) is 4. The Balaban J connectivity index is 1.82. The van der Waals surface area contributed by atoms with Gasteiger partial charge in [-0.25, -0.2) is 8.42 Å². The van der Waals surface area contributed by atoms with Gasteiger partial charge in [-0.3, -0.25) is 13.9 Å². The summed E-state index contributed by atoms with van der Waals surface area (Å²) in [5.74, 6) is -0.794. The van der Waals surface area contributed by atoms with Crippen molar-refractivity contribution in [1.82, 2.24) is 10.2 Å². The summed E-state index contributed by atoms with van der Waals surface area (Å²) in [6, 6.07) is 26.2. The van der Waals surface area contributed by atoms with Gasteiger partial charge < -0.3 is 10.2 Å². The fourth-order valence-corrected chi connectivity index (χ4v) is 6.80. The molecule has 1 N–H and O–H groups in total. The lowest BCUT2D eigenvalue weighted by Crippen LogP contribution is -2.53. The van der Waals surface area contributed by atoms with Gasteiger partial charge in [-0.2, -0.15) is 0 Å². The molecule has 0 aromatic heterocycles. The number of hydrogen-bond donors (Lipinski definition) is 1. The Bertz CT molecular complexity index is 1750. The van der Waals surface area contributed by atoms with E-state index in [0.717, 1.165) is 15.4 Å². The van der Waals surface area contributed by atoms with Crippen LogP contribution in [0.5, 0.6) is 0 Å². The van der Waals surface area contributed by atoms with Gasteiger partial charge in [0.1, 0.15) is 12.6 Å². The number of nitrogens with one attached hydrogen (secondary N) is 1. The number of halogens is 3. The van der Waals surface area contributed by atoms with Crippen LogP contribution in [0.4, 0.5) is 5.69 Å². The lowest BCUT2D eigenvalue weighted by molar-refractivity contribution is -0.140. The maximum atomic E-state index is 14.5. The number of rotatable bonds is 13. The minimum atomic E-state index is -4.32. The van der Waals surface area contributed by atoms with E-state index in [1.807, 2.05) is 51.1 Å². The van der Waals surface area contributed by atoms with Crippen LogP contribution in [0.25, 0.3) is 0 Å². The second-order valence-corrected chi connectivity index (χ2v) is 14.5. The summed E-state index contributed by atoms with van der Waals surface area (Å²) in [6.07, 6.45) is 0.201. The van der Waals surface area contributed by atoms with E-state index in [9.17, 15) is 18.0 Å². The smallest absolute Gasteiger partial charge is 0.264 e. The number of carbonyl (C=O) groups is 2. The van der Waals surface area contributed by atoms with E-state index >= 15 is 0 Å². The molecule has 0 radical (unpaired) electrons. The van der Waals surface area contributed by atoms with Crippen LogP contribution in [0.2, 0.25) is 15.1 Å². The van der Waals surface area contributed by atoms with Gasteiger partial charge in [-0.05, 0) is 60.4 Å². The molecule has 0 bridgehead atoms. The van der Waals surface area contributed by atoms with Crippen LogP contribution >= 0.6 is 34.8 Å². The summed E-state index contributed by atoms with van der Waals surface area (Å²) in [5.41, 5.74) is 2.45. The second-order valence-electron chi connectivity index (χ2n) is 11.4. The van der Waals surface area contributed by atoms with Gasteiger partial charge in [0.25, 0.3) is 10.0 Å². The molecule has 0 saturated heterocycles. The van der Waals surface area contributed by atoms with Crippen LogP contribution in [0.15, 0.2) is 102 Å². The van der Waals surface area contributed by atoms with E-state index in [4.69, 9.17) is 34.8 Å². The first kappa shape index (κ1) is 35.3. The summed E-state index contributed by atoms with van der Waals surface area (Å²) in [6.45, 7) is 5.57. The largest absolute Gasteiger partial charge is 0.354 e. The second kappa shape index (κ2) is 15.8. The van der Waals surface area contributed by atoms with Crippen LogP contribution in [0.1, 0.15) is 30.5 Å². The number of sulfonamides is 1. The first-order valence-corrected chi connectivity index (χ1v) is 17.3. The van der Waals surface area contributed by atoms with Crippen molar-refractivity contribution in [1.29, 1.82) is 0 Å². The van der Waals surface area contributed by atoms with Crippen molar-refractivity contribution in [3.63, 3.8) is 0 Å². The molecule has 1 atom stereocenters. The van der Waals surface area contributed by atoms with Crippen LogP contribution in [0, 0.1) is 12.8 Å². The predicted octanol–water partition coefficient (Wildman–Crippen LogP) is 7.56. The van der Waals surface area contributed by atoms with Crippen molar-refractivity contribution < 1.29 is 18.0 Å². The molecule has 0 fully saturated rings.